The van der Waals surface area contributed by atoms with Gasteiger partial charge in [0.2, 0.25) is 0 Å². The van der Waals surface area contributed by atoms with Crippen molar-refractivity contribution in [3.63, 3.8) is 0 Å². The lowest BCUT2D eigenvalue weighted by molar-refractivity contribution is 0.310. The molecule has 0 spiro atoms. The number of benzene rings is 1. The average Bonchev–Trinajstić information content (AvgIpc) is 2.28. The average molecular weight is 258 g/mol. The van der Waals surface area contributed by atoms with E-state index >= 15 is 0 Å². The molecule has 0 amide bonds. The van der Waals surface area contributed by atoms with Gasteiger partial charge in [-0.1, -0.05) is 13.0 Å². The molecule has 5 heteroatoms. The van der Waals surface area contributed by atoms with Crippen LogP contribution in [0.2, 0.25) is 0 Å². The van der Waals surface area contributed by atoms with Gasteiger partial charge in [-0.25, -0.2) is 4.21 Å². The summed E-state index contributed by atoms with van der Waals surface area (Å²) in [6.45, 7) is 4.37. The zero-order valence-electron chi connectivity index (χ0n) is 10.3. The van der Waals surface area contributed by atoms with Crippen LogP contribution in [0.3, 0.4) is 0 Å². The molecule has 0 saturated carbocycles. The molecular weight excluding hydrogens is 240 g/mol. The van der Waals surface area contributed by atoms with Gasteiger partial charge in [0.25, 0.3) is 0 Å². The zero-order chi connectivity index (χ0) is 12.8. The molecule has 0 aromatic heterocycles. The first-order valence-electron chi connectivity index (χ1n) is 5.46. The molecule has 17 heavy (non-hydrogen) atoms. The lowest BCUT2D eigenvalue weighted by Crippen LogP contribution is -2.06. The largest absolute Gasteiger partial charge is 0.493 e. The van der Waals surface area contributed by atoms with Gasteiger partial charge < -0.3 is 14.0 Å². The summed E-state index contributed by atoms with van der Waals surface area (Å²) < 4.78 is 30.3. The van der Waals surface area contributed by atoms with Crippen LogP contribution in [0.5, 0.6) is 11.5 Å². The highest BCUT2D eigenvalue weighted by Gasteiger charge is 2.12. The van der Waals surface area contributed by atoms with E-state index in [0.717, 1.165) is 5.56 Å². The first-order valence-corrected chi connectivity index (χ1v) is 6.74. The minimum atomic E-state index is -1.79. The van der Waals surface area contributed by atoms with E-state index < -0.39 is 11.1 Å². The third-order valence-corrected chi connectivity index (χ3v) is 3.23. The molecule has 0 bridgehead atoms. The van der Waals surface area contributed by atoms with Crippen molar-refractivity contribution in [1.82, 2.24) is 0 Å². The first kappa shape index (κ1) is 14.0. The Morgan fingerprint density at radius 1 is 1.41 bits per heavy atom. The van der Waals surface area contributed by atoms with Crippen molar-refractivity contribution in [3.05, 3.63) is 23.8 Å². The predicted octanol–water partition coefficient (Wildman–Crippen LogP) is 2.42. The zero-order valence-corrected chi connectivity index (χ0v) is 11.1. The molecule has 0 aliphatic carbocycles. The van der Waals surface area contributed by atoms with Gasteiger partial charge in [-0.05, 0) is 30.5 Å². The van der Waals surface area contributed by atoms with Gasteiger partial charge in [-0.3, -0.25) is 0 Å². The van der Waals surface area contributed by atoms with Gasteiger partial charge in [0, 0.05) is 0 Å². The molecule has 0 heterocycles. The minimum Gasteiger partial charge on any atom is -0.493 e. The molecule has 0 fully saturated rings. The monoisotopic (exact) mass is 258 g/mol. The summed E-state index contributed by atoms with van der Waals surface area (Å²) in [7, 11) is 1.59. The maximum absolute atomic E-state index is 10.8. The van der Waals surface area contributed by atoms with Gasteiger partial charge in [-0.2, -0.15) is 0 Å². The molecule has 1 aromatic rings. The minimum absolute atomic E-state index is 0.00551. The van der Waals surface area contributed by atoms with Crippen molar-refractivity contribution < 1.29 is 18.2 Å². The maximum atomic E-state index is 10.8. The van der Waals surface area contributed by atoms with Crippen LogP contribution >= 0.6 is 0 Å². The quantitative estimate of drug-likeness (QED) is 0.796. The molecule has 2 atom stereocenters. The summed E-state index contributed by atoms with van der Waals surface area (Å²) >= 11 is -1.79. The van der Waals surface area contributed by atoms with E-state index in [1.165, 1.54) is 0 Å². The Kier molecular flexibility index (Phi) is 5.44. The molecule has 0 aliphatic heterocycles. The molecule has 4 nitrogen and oxygen atoms in total. The SMILES string of the molecule is CCOc1cc(C(C)CS(=O)O)ccc1OC. The molecule has 0 aliphatic rings. The van der Waals surface area contributed by atoms with Crippen molar-refractivity contribution in [1.29, 1.82) is 0 Å². The summed E-state index contributed by atoms with van der Waals surface area (Å²) in [6.07, 6.45) is 0. The van der Waals surface area contributed by atoms with Crippen molar-refractivity contribution in [2.45, 2.75) is 19.8 Å². The molecule has 1 aromatic carbocycles. The van der Waals surface area contributed by atoms with Gasteiger partial charge in [0.05, 0.1) is 19.5 Å². The van der Waals surface area contributed by atoms with E-state index in [-0.39, 0.29) is 11.7 Å². The lowest BCUT2D eigenvalue weighted by atomic mass is 10.0. The van der Waals surface area contributed by atoms with E-state index in [0.29, 0.717) is 18.1 Å². The first-order chi connectivity index (χ1) is 8.08. The molecule has 96 valence electrons. The lowest BCUT2D eigenvalue weighted by Gasteiger charge is -2.14. The summed E-state index contributed by atoms with van der Waals surface area (Å²) in [4.78, 5) is 0. The number of ether oxygens (including phenoxy) is 2. The highest BCUT2D eigenvalue weighted by Crippen LogP contribution is 2.31. The standard InChI is InChI=1S/C12H18O4S/c1-4-16-12-7-10(5-6-11(12)15-3)9(2)8-17(13)14/h5-7,9H,4,8H2,1-3H3,(H,13,14). The van der Waals surface area contributed by atoms with E-state index in [2.05, 4.69) is 0 Å². The van der Waals surface area contributed by atoms with Crippen LogP contribution in [0.4, 0.5) is 0 Å². The predicted molar refractivity (Wildman–Crippen MR) is 68.2 cm³/mol. The second-order valence-electron chi connectivity index (χ2n) is 3.73. The molecule has 1 rings (SSSR count). The Morgan fingerprint density at radius 3 is 2.65 bits per heavy atom. The fourth-order valence-corrected chi connectivity index (χ4v) is 2.20. The normalized spacial score (nSPS) is 14.1. The Morgan fingerprint density at radius 2 is 2.12 bits per heavy atom. The molecule has 2 unspecified atom stereocenters. The Balaban J connectivity index is 2.94. The van der Waals surface area contributed by atoms with Crippen LogP contribution < -0.4 is 9.47 Å². The molecular formula is C12H18O4S. The molecule has 0 saturated heterocycles. The van der Waals surface area contributed by atoms with Crippen LogP contribution in [-0.4, -0.2) is 28.2 Å². The second-order valence-corrected chi connectivity index (χ2v) is 4.71. The maximum Gasteiger partial charge on any atom is 0.161 e. The van der Waals surface area contributed by atoms with Crippen LogP contribution in [0.1, 0.15) is 25.3 Å². The highest BCUT2D eigenvalue weighted by atomic mass is 32.2. The van der Waals surface area contributed by atoms with Gasteiger partial charge in [0.1, 0.15) is 0 Å². The number of hydrogen-bond donors (Lipinski definition) is 1. The summed E-state index contributed by atoms with van der Waals surface area (Å²) in [5.74, 6) is 1.57. The third kappa shape index (κ3) is 4.02. The van der Waals surface area contributed by atoms with Crippen molar-refractivity contribution in [2.75, 3.05) is 19.5 Å². The summed E-state index contributed by atoms with van der Waals surface area (Å²) in [5.41, 5.74) is 0.969. The summed E-state index contributed by atoms with van der Waals surface area (Å²) in [6, 6.07) is 5.57. The molecule has 1 N–H and O–H groups in total. The second kappa shape index (κ2) is 6.61. The topological polar surface area (TPSA) is 55.8 Å². The number of rotatable bonds is 6. The third-order valence-electron chi connectivity index (χ3n) is 2.45. The van der Waals surface area contributed by atoms with E-state index in [4.69, 9.17) is 14.0 Å². The van der Waals surface area contributed by atoms with E-state index in [1.807, 2.05) is 32.0 Å². The van der Waals surface area contributed by atoms with Crippen molar-refractivity contribution >= 4 is 11.1 Å². The van der Waals surface area contributed by atoms with Crippen LogP contribution in [0.25, 0.3) is 0 Å². The molecule has 0 radical (unpaired) electrons. The van der Waals surface area contributed by atoms with Crippen LogP contribution in [0, 0.1) is 0 Å². The van der Waals surface area contributed by atoms with E-state index in [1.54, 1.807) is 7.11 Å². The van der Waals surface area contributed by atoms with Crippen LogP contribution in [0.15, 0.2) is 18.2 Å². The van der Waals surface area contributed by atoms with Gasteiger partial charge >= 0.3 is 0 Å². The number of methoxy groups -OCH3 is 1. The Labute approximate surface area is 104 Å². The Hall–Kier alpha value is -1.07. The van der Waals surface area contributed by atoms with E-state index in [9.17, 15) is 4.21 Å². The van der Waals surface area contributed by atoms with Crippen molar-refractivity contribution in [2.24, 2.45) is 0 Å². The van der Waals surface area contributed by atoms with Crippen LogP contribution in [-0.2, 0) is 11.1 Å². The van der Waals surface area contributed by atoms with Crippen molar-refractivity contribution in [3.8, 4) is 11.5 Å². The smallest absolute Gasteiger partial charge is 0.161 e. The van der Waals surface area contributed by atoms with Gasteiger partial charge in [-0.15, -0.1) is 0 Å². The number of hydrogen-bond acceptors (Lipinski definition) is 3. The Bertz CT molecular complexity index is 392. The fraction of sp³-hybridized carbons (Fsp3) is 0.500. The summed E-state index contributed by atoms with van der Waals surface area (Å²) in [5, 5.41) is 0. The fourth-order valence-electron chi connectivity index (χ4n) is 1.58. The highest BCUT2D eigenvalue weighted by molar-refractivity contribution is 7.79. The van der Waals surface area contributed by atoms with Gasteiger partial charge in [0.15, 0.2) is 22.6 Å².